The van der Waals surface area contributed by atoms with E-state index in [1.165, 1.54) is 31.1 Å². The number of aromatic nitrogens is 3. The van der Waals surface area contributed by atoms with Gasteiger partial charge in [0.15, 0.2) is 11.1 Å². The lowest BCUT2D eigenvalue weighted by atomic mass is 9.71. The second kappa shape index (κ2) is 10.8. The van der Waals surface area contributed by atoms with E-state index in [1.807, 2.05) is 13.0 Å². The van der Waals surface area contributed by atoms with E-state index >= 15 is 0 Å². The van der Waals surface area contributed by atoms with Crippen LogP contribution in [0.3, 0.4) is 0 Å². The Kier molecular flexibility index (Phi) is 7.42. The van der Waals surface area contributed by atoms with E-state index in [1.54, 1.807) is 12.4 Å². The maximum absolute atomic E-state index is 14.1. The average molecular weight is 594 g/mol. The molecule has 0 bridgehead atoms. The molecule has 2 aromatic heterocycles. The number of amides is 4. The number of aliphatic carboxylic acids is 1. The van der Waals surface area contributed by atoms with E-state index in [0.717, 1.165) is 35.1 Å². The highest BCUT2D eigenvalue weighted by molar-refractivity contribution is 6.11. The fourth-order valence-corrected chi connectivity index (χ4v) is 6.34. The van der Waals surface area contributed by atoms with E-state index in [-0.39, 0.29) is 29.2 Å². The zero-order valence-corrected chi connectivity index (χ0v) is 24.3. The summed E-state index contributed by atoms with van der Waals surface area (Å²) < 4.78 is 5.50. The van der Waals surface area contributed by atoms with Crippen LogP contribution in [0.15, 0.2) is 53.7 Å². The summed E-state index contributed by atoms with van der Waals surface area (Å²) in [5, 5.41) is 20.8. The van der Waals surface area contributed by atoms with Crippen LogP contribution in [-0.2, 0) is 25.7 Å². The van der Waals surface area contributed by atoms with Gasteiger partial charge in [-0.2, -0.15) is 4.79 Å². The number of quaternary nitrogens is 1. The Morgan fingerprint density at radius 3 is 2.47 bits per heavy atom. The summed E-state index contributed by atoms with van der Waals surface area (Å²) >= 11 is 0. The van der Waals surface area contributed by atoms with Crippen molar-refractivity contribution in [2.24, 2.45) is 11.3 Å². The number of fused-ring (bicyclic) bond motifs is 1. The minimum Gasteiger partial charge on any atom is -0.480 e. The first-order valence-electron chi connectivity index (χ1n) is 13.8. The summed E-state index contributed by atoms with van der Waals surface area (Å²) in [6, 6.07) is 0.956. The van der Waals surface area contributed by atoms with Crippen LogP contribution in [0.4, 0.5) is 9.59 Å². The zero-order chi connectivity index (χ0) is 31.3. The number of carbonyl (C=O) groups excluding carboxylic acids is 3. The predicted octanol–water partition coefficient (Wildman–Crippen LogP) is 2.51. The summed E-state index contributed by atoms with van der Waals surface area (Å²) in [5.41, 5.74) is -1.60. The number of esters is 1. The summed E-state index contributed by atoms with van der Waals surface area (Å²) in [5.74, 6) is -2.39. The predicted molar refractivity (Wildman–Crippen MR) is 150 cm³/mol. The number of imide groups is 1. The molecule has 5 rings (SSSR count). The molecule has 4 heterocycles. The summed E-state index contributed by atoms with van der Waals surface area (Å²) in [4.78, 5) is 77.6. The maximum Gasteiger partial charge on any atom is 0.532 e. The number of pyridine rings is 1. The molecule has 2 aliphatic heterocycles. The van der Waals surface area contributed by atoms with Crippen molar-refractivity contribution in [2.75, 3.05) is 34.3 Å². The topological polar surface area (TPSA) is 172 Å². The fourth-order valence-electron chi connectivity index (χ4n) is 6.34. The van der Waals surface area contributed by atoms with E-state index < -0.39 is 39.9 Å². The average Bonchev–Trinajstić information content (AvgIpc) is 3.51. The minimum absolute atomic E-state index is 0.204. The molecule has 14 nitrogen and oxygen atoms in total. The first-order valence-corrected chi connectivity index (χ1v) is 13.8. The highest BCUT2D eigenvalue weighted by Gasteiger charge is 2.65. The SMILES string of the molecule is COC(=O)C1(C(=O)O)CC=CC2=C1C(C(=O)N1CCC(Cn3c(C)nc4cnccc43)CC1)=C[N+]2(C(=O)O)C(=O)N(C)C. The lowest BCUT2D eigenvalue weighted by Crippen LogP contribution is -2.55. The van der Waals surface area contributed by atoms with Crippen LogP contribution in [0.25, 0.3) is 11.0 Å². The van der Waals surface area contributed by atoms with E-state index in [4.69, 9.17) is 4.74 Å². The van der Waals surface area contributed by atoms with Gasteiger partial charge in [-0.3, -0.25) is 24.3 Å². The number of methoxy groups -OCH3 is 1. The van der Waals surface area contributed by atoms with Gasteiger partial charge in [-0.15, -0.1) is 0 Å². The van der Waals surface area contributed by atoms with Crippen LogP contribution in [0.1, 0.15) is 25.1 Å². The van der Waals surface area contributed by atoms with Crippen molar-refractivity contribution in [2.45, 2.75) is 32.7 Å². The molecule has 43 heavy (non-hydrogen) atoms. The zero-order valence-electron chi connectivity index (χ0n) is 24.3. The summed E-state index contributed by atoms with van der Waals surface area (Å²) in [6.45, 7) is 3.21. The number of piperidine rings is 1. The Morgan fingerprint density at radius 1 is 1.16 bits per heavy atom. The van der Waals surface area contributed by atoms with Crippen LogP contribution >= 0.6 is 0 Å². The lowest BCUT2D eigenvalue weighted by Gasteiger charge is -2.34. The normalized spacial score (nSPS) is 23.6. The van der Waals surface area contributed by atoms with Gasteiger partial charge in [0.05, 0.1) is 24.4 Å². The number of carboxylic acid groups (broad SMARTS) is 2. The van der Waals surface area contributed by atoms with E-state index in [9.17, 15) is 34.2 Å². The third-order valence-corrected chi connectivity index (χ3v) is 8.55. The third kappa shape index (κ3) is 4.40. The van der Waals surface area contributed by atoms with Gasteiger partial charge in [-0.1, -0.05) is 10.6 Å². The Morgan fingerprint density at radius 2 is 1.86 bits per heavy atom. The molecule has 2 N–H and O–H groups in total. The second-order valence-corrected chi connectivity index (χ2v) is 11.2. The largest absolute Gasteiger partial charge is 0.532 e. The molecule has 0 radical (unpaired) electrons. The Hall–Kier alpha value is -4.85. The molecule has 4 amide bonds. The molecule has 2 atom stereocenters. The van der Waals surface area contributed by atoms with Crippen molar-refractivity contribution >= 4 is 41.0 Å². The van der Waals surface area contributed by atoms with Gasteiger partial charge in [-0.05, 0) is 44.2 Å². The van der Waals surface area contributed by atoms with Crippen LogP contribution in [0.5, 0.6) is 0 Å². The van der Waals surface area contributed by atoms with Gasteiger partial charge in [0.1, 0.15) is 23.1 Å². The quantitative estimate of drug-likeness (QED) is 0.298. The van der Waals surface area contributed by atoms with Gasteiger partial charge >= 0.3 is 24.1 Å². The van der Waals surface area contributed by atoms with Gasteiger partial charge in [0.2, 0.25) is 0 Å². The second-order valence-electron chi connectivity index (χ2n) is 11.2. The molecular weight excluding hydrogens is 560 g/mol. The number of carboxylic acids is 1. The first kappa shape index (κ1) is 29.6. The highest BCUT2D eigenvalue weighted by Crippen LogP contribution is 2.51. The number of ether oxygens (including phenoxy) is 1. The molecule has 1 saturated heterocycles. The molecule has 3 aliphatic rings. The van der Waals surface area contributed by atoms with Crippen molar-refractivity contribution in [3.05, 3.63) is 59.5 Å². The number of hydrogen-bond acceptors (Lipinski definition) is 8. The maximum atomic E-state index is 14.1. The number of allylic oxidation sites excluding steroid dienone is 2. The number of hydrogen-bond donors (Lipinski definition) is 2. The van der Waals surface area contributed by atoms with Gasteiger partial charge in [0, 0.05) is 39.9 Å². The monoisotopic (exact) mass is 593 g/mol. The van der Waals surface area contributed by atoms with Crippen LogP contribution in [0, 0.1) is 18.3 Å². The fraction of sp³-hybridized carbons (Fsp3) is 0.414. The Bertz CT molecular complexity index is 1650. The lowest BCUT2D eigenvalue weighted by molar-refractivity contribution is -0.676. The molecular formula is C29H33N6O8+. The number of nitrogens with zero attached hydrogens (tertiary/aromatic N) is 6. The van der Waals surface area contributed by atoms with Crippen molar-refractivity contribution in [1.82, 2.24) is 24.3 Å². The van der Waals surface area contributed by atoms with Crippen LogP contribution in [-0.4, -0.2) is 103 Å². The van der Waals surface area contributed by atoms with Crippen LogP contribution in [0.2, 0.25) is 0 Å². The standard InChI is InChI=1S/C29H32N6O8/c1-17-31-20-14-30-11-7-21(20)34(17)15-18-8-12-33(13-9-18)24(36)19-16-35(28(41)42,27(40)32(2)3)22-6-5-10-29(23(19)22,25(37)38)26(39)43-4/h5-7,11,14,16,18H,8-10,12-13,15H2,1-4H3,(H-,37,38,41,42)/p+1. The smallest absolute Gasteiger partial charge is 0.480 e. The van der Waals surface area contributed by atoms with Gasteiger partial charge < -0.3 is 24.4 Å². The number of aryl methyl sites for hydroxylation is 1. The number of urea groups is 1. The summed E-state index contributed by atoms with van der Waals surface area (Å²) in [7, 11) is 3.72. The molecule has 0 spiro atoms. The van der Waals surface area contributed by atoms with Crippen molar-refractivity contribution in [3.63, 3.8) is 0 Å². The third-order valence-electron chi connectivity index (χ3n) is 8.55. The molecule has 2 aromatic rings. The van der Waals surface area contributed by atoms with Crippen molar-refractivity contribution < 1.29 is 43.4 Å². The van der Waals surface area contributed by atoms with Gasteiger partial charge in [-0.25, -0.2) is 9.78 Å². The Balaban J connectivity index is 1.50. The highest BCUT2D eigenvalue weighted by atomic mass is 16.5. The number of imidazole rings is 1. The summed E-state index contributed by atoms with van der Waals surface area (Å²) in [6.07, 6.45) is 6.18. The molecule has 226 valence electrons. The molecule has 14 heteroatoms. The van der Waals surface area contributed by atoms with Crippen molar-refractivity contribution in [1.29, 1.82) is 0 Å². The first-order chi connectivity index (χ1) is 20.4. The molecule has 2 unspecified atom stereocenters. The molecule has 1 aliphatic carbocycles. The minimum atomic E-state index is -2.42. The number of rotatable bonds is 5. The van der Waals surface area contributed by atoms with E-state index in [2.05, 4.69) is 14.5 Å². The molecule has 1 fully saturated rings. The number of likely N-dealkylation sites (tertiary alicyclic amines) is 1. The molecule has 0 saturated carbocycles. The Labute approximate surface area is 246 Å². The van der Waals surface area contributed by atoms with Gasteiger partial charge in [0.25, 0.3) is 5.91 Å². The van der Waals surface area contributed by atoms with Crippen LogP contribution < -0.4 is 0 Å². The van der Waals surface area contributed by atoms with E-state index in [0.29, 0.717) is 32.5 Å². The van der Waals surface area contributed by atoms with Crippen molar-refractivity contribution in [3.8, 4) is 0 Å². The molecule has 0 aromatic carbocycles. The number of carbonyl (C=O) groups is 5.